The van der Waals surface area contributed by atoms with Crippen molar-refractivity contribution in [3.8, 4) is 0 Å². The largest absolute Gasteiger partial charge is 0.331 e. The number of amides is 1. The molecule has 104 valence electrons. The lowest BCUT2D eigenvalue weighted by atomic mass is 10.1. The molecule has 1 N–H and O–H groups in total. The Morgan fingerprint density at radius 3 is 2.32 bits per heavy atom. The monoisotopic (exact) mass is 272 g/mol. The van der Waals surface area contributed by atoms with Crippen LogP contribution in [0.1, 0.15) is 24.2 Å². The van der Waals surface area contributed by atoms with Crippen molar-refractivity contribution >= 4 is 5.91 Å². The number of hydrogen-bond acceptors (Lipinski definition) is 2. The highest BCUT2D eigenvalue weighted by atomic mass is 19.2. The first-order valence-corrected chi connectivity index (χ1v) is 6.10. The summed E-state index contributed by atoms with van der Waals surface area (Å²) in [5.41, 5.74) is -0.431. The average molecular weight is 272 g/mol. The van der Waals surface area contributed by atoms with Crippen molar-refractivity contribution in [3.05, 3.63) is 35.1 Å². The van der Waals surface area contributed by atoms with E-state index < -0.39 is 28.9 Å². The summed E-state index contributed by atoms with van der Waals surface area (Å²) < 4.78 is 39.7. The fraction of sp³-hybridized carbons (Fsp3) is 0.462. The maximum absolute atomic E-state index is 13.6. The van der Waals surface area contributed by atoms with Gasteiger partial charge in [-0.15, -0.1) is 0 Å². The molecule has 1 aliphatic rings. The van der Waals surface area contributed by atoms with E-state index in [9.17, 15) is 18.0 Å². The molecule has 0 aromatic heterocycles. The summed E-state index contributed by atoms with van der Waals surface area (Å²) in [5.74, 6) is -4.95. The van der Waals surface area contributed by atoms with Gasteiger partial charge in [-0.2, -0.15) is 0 Å². The van der Waals surface area contributed by atoms with Crippen LogP contribution in [-0.4, -0.2) is 36.0 Å². The molecular weight excluding hydrogens is 257 g/mol. The van der Waals surface area contributed by atoms with Crippen molar-refractivity contribution in [1.29, 1.82) is 0 Å². The first-order valence-electron chi connectivity index (χ1n) is 6.10. The number of halogens is 3. The highest BCUT2D eigenvalue weighted by molar-refractivity contribution is 5.95. The molecule has 1 aromatic carbocycles. The number of benzene rings is 1. The van der Waals surface area contributed by atoms with Gasteiger partial charge in [-0.1, -0.05) is 0 Å². The van der Waals surface area contributed by atoms with Crippen LogP contribution >= 0.6 is 0 Å². The van der Waals surface area contributed by atoms with Gasteiger partial charge in [0.2, 0.25) is 0 Å². The topological polar surface area (TPSA) is 32.3 Å². The van der Waals surface area contributed by atoms with Crippen LogP contribution in [0.15, 0.2) is 12.1 Å². The molecule has 1 aromatic rings. The third-order valence-corrected chi connectivity index (χ3v) is 3.33. The Balaban J connectivity index is 2.36. The van der Waals surface area contributed by atoms with Gasteiger partial charge in [0.15, 0.2) is 17.5 Å². The first-order chi connectivity index (χ1) is 8.93. The third-order valence-electron chi connectivity index (χ3n) is 3.33. The Labute approximate surface area is 109 Å². The van der Waals surface area contributed by atoms with Crippen molar-refractivity contribution in [2.75, 3.05) is 13.1 Å². The minimum atomic E-state index is -1.61. The summed E-state index contributed by atoms with van der Waals surface area (Å²) in [6, 6.07) is 1.48. The van der Waals surface area contributed by atoms with Gasteiger partial charge in [-0.3, -0.25) is 4.79 Å². The summed E-state index contributed by atoms with van der Waals surface area (Å²) >= 11 is 0. The van der Waals surface area contributed by atoms with E-state index in [4.69, 9.17) is 0 Å². The lowest BCUT2D eigenvalue weighted by molar-refractivity contribution is 0.0538. The van der Waals surface area contributed by atoms with E-state index in [1.807, 2.05) is 13.8 Å². The fourth-order valence-corrected chi connectivity index (χ4v) is 2.36. The molecule has 0 aliphatic carbocycles. The number of piperazine rings is 1. The second-order valence-electron chi connectivity index (χ2n) is 4.79. The molecule has 0 bridgehead atoms. The summed E-state index contributed by atoms with van der Waals surface area (Å²) in [6.45, 7) is 4.81. The number of nitrogens with one attached hydrogen (secondary N) is 1. The Kier molecular flexibility index (Phi) is 3.80. The summed E-state index contributed by atoms with van der Waals surface area (Å²) in [5, 5.41) is 3.13. The fourth-order valence-electron chi connectivity index (χ4n) is 2.36. The van der Waals surface area contributed by atoms with E-state index in [1.54, 1.807) is 0 Å². The van der Waals surface area contributed by atoms with Crippen molar-refractivity contribution in [1.82, 2.24) is 10.2 Å². The van der Waals surface area contributed by atoms with Gasteiger partial charge in [0.05, 0.1) is 5.56 Å². The van der Waals surface area contributed by atoms with Crippen LogP contribution in [0.4, 0.5) is 13.2 Å². The van der Waals surface area contributed by atoms with E-state index in [1.165, 1.54) is 4.90 Å². The second-order valence-corrected chi connectivity index (χ2v) is 4.79. The van der Waals surface area contributed by atoms with E-state index in [0.29, 0.717) is 13.1 Å². The van der Waals surface area contributed by atoms with Crippen molar-refractivity contribution in [3.63, 3.8) is 0 Å². The molecule has 1 saturated heterocycles. The van der Waals surface area contributed by atoms with E-state index in [0.717, 1.165) is 12.1 Å². The van der Waals surface area contributed by atoms with Gasteiger partial charge in [0.1, 0.15) is 0 Å². The molecule has 0 spiro atoms. The number of nitrogens with zero attached hydrogens (tertiary/aromatic N) is 1. The zero-order chi connectivity index (χ0) is 14.2. The molecule has 0 radical (unpaired) electrons. The van der Waals surface area contributed by atoms with Crippen LogP contribution in [0.5, 0.6) is 0 Å². The summed E-state index contributed by atoms with van der Waals surface area (Å²) in [6.07, 6.45) is 0. The molecule has 19 heavy (non-hydrogen) atoms. The predicted molar refractivity (Wildman–Crippen MR) is 64.3 cm³/mol. The predicted octanol–water partition coefficient (Wildman–Crippen LogP) is 1.93. The molecule has 0 saturated carbocycles. The van der Waals surface area contributed by atoms with Gasteiger partial charge in [-0.05, 0) is 26.0 Å². The van der Waals surface area contributed by atoms with Crippen LogP contribution in [0.25, 0.3) is 0 Å². The minimum absolute atomic E-state index is 0.135. The summed E-state index contributed by atoms with van der Waals surface area (Å²) in [7, 11) is 0. The van der Waals surface area contributed by atoms with Crippen LogP contribution < -0.4 is 5.32 Å². The van der Waals surface area contributed by atoms with Crippen LogP contribution in [0, 0.1) is 17.5 Å². The Morgan fingerprint density at radius 2 is 1.74 bits per heavy atom. The standard InChI is InChI=1S/C13H15F3N2O/c1-7-5-17-6-8(2)18(7)13(19)9-3-4-10(14)12(16)11(9)15/h3-4,7-8,17H,5-6H2,1-2H3. The van der Waals surface area contributed by atoms with E-state index >= 15 is 0 Å². The second kappa shape index (κ2) is 5.21. The zero-order valence-electron chi connectivity index (χ0n) is 10.7. The molecule has 1 aliphatic heterocycles. The van der Waals surface area contributed by atoms with Crippen molar-refractivity contribution < 1.29 is 18.0 Å². The van der Waals surface area contributed by atoms with E-state index in [-0.39, 0.29) is 12.1 Å². The number of carbonyl (C=O) groups is 1. The maximum Gasteiger partial charge on any atom is 0.257 e. The Morgan fingerprint density at radius 1 is 1.16 bits per heavy atom. The van der Waals surface area contributed by atoms with Crippen molar-refractivity contribution in [2.24, 2.45) is 0 Å². The van der Waals surface area contributed by atoms with Gasteiger partial charge >= 0.3 is 0 Å². The molecular formula is C13H15F3N2O. The average Bonchev–Trinajstić information content (AvgIpc) is 2.35. The number of carbonyl (C=O) groups excluding carboxylic acids is 1. The molecule has 1 amide bonds. The quantitative estimate of drug-likeness (QED) is 0.792. The smallest absolute Gasteiger partial charge is 0.257 e. The van der Waals surface area contributed by atoms with Gasteiger partial charge < -0.3 is 10.2 Å². The normalized spacial score (nSPS) is 23.5. The zero-order valence-corrected chi connectivity index (χ0v) is 10.7. The highest BCUT2D eigenvalue weighted by Crippen LogP contribution is 2.20. The Hall–Kier alpha value is -1.56. The van der Waals surface area contributed by atoms with Crippen LogP contribution in [0.3, 0.4) is 0 Å². The highest BCUT2D eigenvalue weighted by Gasteiger charge is 2.32. The third kappa shape index (κ3) is 2.45. The molecule has 1 heterocycles. The van der Waals surface area contributed by atoms with Crippen LogP contribution in [0.2, 0.25) is 0 Å². The molecule has 2 rings (SSSR count). The maximum atomic E-state index is 13.6. The van der Waals surface area contributed by atoms with Gasteiger partial charge in [-0.25, -0.2) is 13.2 Å². The van der Waals surface area contributed by atoms with Crippen molar-refractivity contribution in [2.45, 2.75) is 25.9 Å². The summed E-state index contributed by atoms with van der Waals surface area (Å²) in [4.78, 5) is 13.8. The molecule has 2 atom stereocenters. The van der Waals surface area contributed by atoms with Gasteiger partial charge in [0.25, 0.3) is 5.91 Å². The van der Waals surface area contributed by atoms with Crippen LogP contribution in [-0.2, 0) is 0 Å². The van der Waals surface area contributed by atoms with Gasteiger partial charge in [0, 0.05) is 25.2 Å². The van der Waals surface area contributed by atoms with E-state index in [2.05, 4.69) is 5.32 Å². The Bertz CT molecular complexity index is 497. The molecule has 6 heteroatoms. The lowest BCUT2D eigenvalue weighted by Gasteiger charge is -2.39. The first kappa shape index (κ1) is 13.9. The molecule has 1 fully saturated rings. The lowest BCUT2D eigenvalue weighted by Crippen LogP contribution is -2.57. The SMILES string of the molecule is CC1CNCC(C)N1C(=O)c1ccc(F)c(F)c1F. The number of hydrogen-bond donors (Lipinski definition) is 1. The number of rotatable bonds is 1. The molecule has 2 unspecified atom stereocenters. The molecule has 3 nitrogen and oxygen atoms in total. The minimum Gasteiger partial charge on any atom is -0.331 e.